The number of alkyl halides is 3. The minimum atomic E-state index is -4.28. The molecular formula is C11H9F3N2S2. The Hall–Kier alpha value is -1.21. The molecule has 0 aliphatic carbocycles. The zero-order valence-electron chi connectivity index (χ0n) is 9.07. The van der Waals surface area contributed by atoms with E-state index in [4.69, 9.17) is 0 Å². The number of hydrogen-bond donors (Lipinski definition) is 1. The van der Waals surface area contributed by atoms with Gasteiger partial charge in [0.1, 0.15) is 5.01 Å². The summed E-state index contributed by atoms with van der Waals surface area (Å²) in [7, 11) is 0. The van der Waals surface area contributed by atoms with Gasteiger partial charge in [-0.1, -0.05) is 12.1 Å². The Balaban J connectivity index is 2.07. The van der Waals surface area contributed by atoms with Crippen LogP contribution in [-0.4, -0.2) is 10.5 Å². The topological polar surface area (TPSA) is 24.9 Å². The average molecular weight is 290 g/mol. The van der Waals surface area contributed by atoms with Crippen LogP contribution >= 0.6 is 23.1 Å². The third-order valence-corrected chi connectivity index (χ3v) is 3.61. The highest BCUT2D eigenvalue weighted by Gasteiger charge is 2.30. The predicted octanol–water partition coefficient (Wildman–Crippen LogP) is 4.37. The molecule has 18 heavy (non-hydrogen) atoms. The summed E-state index contributed by atoms with van der Waals surface area (Å²) in [5.74, 6) is 0. The smallest absolute Gasteiger partial charge is 0.378 e. The molecule has 96 valence electrons. The van der Waals surface area contributed by atoms with E-state index in [0.29, 0.717) is 12.2 Å². The first-order valence-electron chi connectivity index (χ1n) is 5.01. The standard InChI is InChI=1S/C11H9F3N2S2/c12-11(13,14)18-9-4-2-1-3-8(9)16-7-10-15-5-6-17-10/h1-6,16H,7H2. The zero-order valence-corrected chi connectivity index (χ0v) is 10.7. The van der Waals surface area contributed by atoms with Crippen LogP contribution in [0.2, 0.25) is 0 Å². The van der Waals surface area contributed by atoms with Crippen LogP contribution in [0.25, 0.3) is 0 Å². The van der Waals surface area contributed by atoms with E-state index in [1.165, 1.54) is 17.4 Å². The lowest BCUT2D eigenvalue weighted by molar-refractivity contribution is -0.0327. The van der Waals surface area contributed by atoms with Crippen molar-refractivity contribution in [2.75, 3.05) is 5.32 Å². The number of anilines is 1. The summed E-state index contributed by atoms with van der Waals surface area (Å²) < 4.78 is 37.1. The number of thioether (sulfide) groups is 1. The van der Waals surface area contributed by atoms with Gasteiger partial charge in [0.05, 0.1) is 6.54 Å². The van der Waals surface area contributed by atoms with Crippen LogP contribution in [0, 0.1) is 0 Å². The van der Waals surface area contributed by atoms with Crippen LogP contribution < -0.4 is 5.32 Å². The van der Waals surface area contributed by atoms with Crippen molar-refractivity contribution in [2.24, 2.45) is 0 Å². The number of nitrogens with one attached hydrogen (secondary N) is 1. The third kappa shape index (κ3) is 3.92. The highest BCUT2D eigenvalue weighted by Crippen LogP contribution is 2.40. The Labute approximate surface area is 110 Å². The Morgan fingerprint density at radius 1 is 1.28 bits per heavy atom. The molecule has 0 spiro atoms. The van der Waals surface area contributed by atoms with E-state index in [9.17, 15) is 13.2 Å². The highest BCUT2D eigenvalue weighted by atomic mass is 32.2. The van der Waals surface area contributed by atoms with E-state index in [-0.39, 0.29) is 16.7 Å². The molecule has 1 aromatic heterocycles. The first kappa shape index (κ1) is 13.2. The monoisotopic (exact) mass is 290 g/mol. The van der Waals surface area contributed by atoms with Crippen LogP contribution in [-0.2, 0) is 6.54 Å². The van der Waals surface area contributed by atoms with Crippen LogP contribution in [0.5, 0.6) is 0 Å². The molecule has 0 saturated carbocycles. The normalized spacial score (nSPS) is 11.5. The second-order valence-electron chi connectivity index (χ2n) is 3.32. The minimum Gasteiger partial charge on any atom is -0.378 e. The van der Waals surface area contributed by atoms with Crippen molar-refractivity contribution >= 4 is 28.8 Å². The summed E-state index contributed by atoms with van der Waals surface area (Å²) in [6.07, 6.45) is 1.66. The van der Waals surface area contributed by atoms with Crippen molar-refractivity contribution in [3.05, 3.63) is 40.8 Å². The maximum Gasteiger partial charge on any atom is 0.446 e. The summed E-state index contributed by atoms with van der Waals surface area (Å²) in [5, 5.41) is 5.63. The molecule has 0 fully saturated rings. The van der Waals surface area contributed by atoms with Gasteiger partial charge in [-0.15, -0.1) is 11.3 Å². The molecule has 2 aromatic rings. The van der Waals surface area contributed by atoms with Gasteiger partial charge in [-0.05, 0) is 23.9 Å². The van der Waals surface area contributed by atoms with Gasteiger partial charge in [-0.3, -0.25) is 0 Å². The number of hydrogen-bond acceptors (Lipinski definition) is 4. The molecule has 0 aliphatic rings. The number of halogens is 3. The fraction of sp³-hybridized carbons (Fsp3) is 0.182. The molecule has 0 amide bonds. The van der Waals surface area contributed by atoms with Crippen molar-refractivity contribution in [1.82, 2.24) is 4.98 Å². The molecule has 2 rings (SSSR count). The maximum absolute atomic E-state index is 12.4. The second-order valence-corrected chi connectivity index (χ2v) is 5.41. The number of para-hydroxylation sites is 1. The van der Waals surface area contributed by atoms with Crippen molar-refractivity contribution in [2.45, 2.75) is 16.9 Å². The SMILES string of the molecule is FC(F)(F)Sc1ccccc1NCc1nccs1. The minimum absolute atomic E-state index is 0.115. The van der Waals surface area contributed by atoms with Gasteiger partial charge in [0.25, 0.3) is 0 Å². The van der Waals surface area contributed by atoms with Gasteiger partial charge in [0.2, 0.25) is 0 Å². The Morgan fingerprint density at radius 2 is 2.06 bits per heavy atom. The predicted molar refractivity (Wildman–Crippen MR) is 67.8 cm³/mol. The lowest BCUT2D eigenvalue weighted by Crippen LogP contribution is -2.03. The van der Waals surface area contributed by atoms with Crippen molar-refractivity contribution in [3.63, 3.8) is 0 Å². The molecule has 1 N–H and O–H groups in total. The number of nitrogens with zero attached hydrogens (tertiary/aromatic N) is 1. The molecule has 0 atom stereocenters. The van der Waals surface area contributed by atoms with Gasteiger partial charge in [0, 0.05) is 22.2 Å². The Morgan fingerprint density at radius 3 is 2.72 bits per heavy atom. The first-order valence-corrected chi connectivity index (χ1v) is 6.71. The number of thiazole rings is 1. The maximum atomic E-state index is 12.4. The molecule has 7 heteroatoms. The third-order valence-electron chi connectivity index (χ3n) is 2.03. The van der Waals surface area contributed by atoms with E-state index >= 15 is 0 Å². The van der Waals surface area contributed by atoms with E-state index < -0.39 is 5.51 Å². The van der Waals surface area contributed by atoms with Crippen molar-refractivity contribution in [1.29, 1.82) is 0 Å². The Bertz CT molecular complexity index is 497. The molecule has 2 nitrogen and oxygen atoms in total. The molecular weight excluding hydrogens is 281 g/mol. The van der Waals surface area contributed by atoms with Gasteiger partial charge in [-0.2, -0.15) is 13.2 Å². The van der Waals surface area contributed by atoms with Crippen molar-refractivity contribution in [3.8, 4) is 0 Å². The summed E-state index contributed by atoms with van der Waals surface area (Å²) in [5.41, 5.74) is -3.81. The lowest BCUT2D eigenvalue weighted by atomic mass is 10.3. The van der Waals surface area contributed by atoms with Crippen LogP contribution in [0.3, 0.4) is 0 Å². The van der Waals surface area contributed by atoms with E-state index in [1.807, 2.05) is 5.38 Å². The molecule has 0 unspecified atom stereocenters. The van der Waals surface area contributed by atoms with Gasteiger partial charge >= 0.3 is 5.51 Å². The van der Waals surface area contributed by atoms with Gasteiger partial charge in [-0.25, -0.2) is 4.98 Å². The van der Waals surface area contributed by atoms with E-state index in [2.05, 4.69) is 10.3 Å². The molecule has 1 aromatic carbocycles. The van der Waals surface area contributed by atoms with Gasteiger partial charge < -0.3 is 5.32 Å². The fourth-order valence-corrected chi connectivity index (χ4v) is 2.54. The average Bonchev–Trinajstić information content (AvgIpc) is 2.79. The van der Waals surface area contributed by atoms with Crippen LogP contribution in [0.1, 0.15) is 5.01 Å². The summed E-state index contributed by atoms with van der Waals surface area (Å²) >= 11 is 1.34. The van der Waals surface area contributed by atoms with E-state index in [0.717, 1.165) is 5.01 Å². The summed E-state index contributed by atoms with van der Waals surface area (Å²) in [6, 6.07) is 6.36. The Kier molecular flexibility index (Phi) is 4.13. The molecule has 0 bridgehead atoms. The van der Waals surface area contributed by atoms with Crippen molar-refractivity contribution < 1.29 is 13.2 Å². The lowest BCUT2D eigenvalue weighted by Gasteiger charge is -2.12. The zero-order chi connectivity index (χ0) is 13.0. The fourth-order valence-electron chi connectivity index (χ4n) is 1.34. The van der Waals surface area contributed by atoms with Gasteiger partial charge in [0.15, 0.2) is 0 Å². The van der Waals surface area contributed by atoms with E-state index in [1.54, 1.807) is 24.4 Å². The molecule has 0 radical (unpaired) electrons. The largest absolute Gasteiger partial charge is 0.446 e. The second kappa shape index (κ2) is 5.62. The van der Waals surface area contributed by atoms with Crippen LogP contribution in [0.4, 0.5) is 18.9 Å². The summed E-state index contributed by atoms with van der Waals surface area (Å²) in [6.45, 7) is 0.424. The number of rotatable bonds is 4. The molecule has 1 heterocycles. The molecule has 0 aliphatic heterocycles. The highest BCUT2D eigenvalue weighted by molar-refractivity contribution is 8.00. The van der Waals surface area contributed by atoms with Crippen LogP contribution in [0.15, 0.2) is 40.7 Å². The quantitative estimate of drug-likeness (QED) is 0.846. The molecule has 0 saturated heterocycles. The number of benzene rings is 1. The first-order chi connectivity index (χ1) is 8.54. The number of aromatic nitrogens is 1. The summed E-state index contributed by atoms with van der Waals surface area (Å²) in [4.78, 5) is 4.23.